The van der Waals surface area contributed by atoms with Crippen LogP contribution in [0.25, 0.3) is 0 Å². The molecule has 0 spiro atoms. The van der Waals surface area contributed by atoms with Crippen LogP contribution < -0.4 is 0 Å². The molecule has 0 aromatic heterocycles. The standard InChI is InChI=1S/C12H13BrClFO/c1-12(2)5-7(12)11(16)6-3-9(14)8(13)4-10(6)15/h3-4,7,11,16H,5H2,1-2H3. The Hall–Kier alpha value is -0.120. The molecule has 16 heavy (non-hydrogen) atoms. The van der Waals surface area contributed by atoms with Crippen molar-refractivity contribution in [3.8, 4) is 0 Å². The highest BCUT2D eigenvalue weighted by molar-refractivity contribution is 9.10. The third kappa shape index (κ3) is 2.13. The number of rotatable bonds is 2. The Labute approximate surface area is 108 Å². The van der Waals surface area contributed by atoms with E-state index in [4.69, 9.17) is 11.6 Å². The maximum absolute atomic E-state index is 13.7. The normalized spacial score (nSPS) is 24.2. The Morgan fingerprint density at radius 2 is 2.12 bits per heavy atom. The van der Waals surface area contributed by atoms with Crippen LogP contribution in [0.4, 0.5) is 4.39 Å². The molecule has 1 aromatic rings. The summed E-state index contributed by atoms with van der Waals surface area (Å²) >= 11 is 9.05. The first-order chi connectivity index (χ1) is 7.33. The molecule has 1 nitrogen and oxygen atoms in total. The Morgan fingerprint density at radius 3 is 2.62 bits per heavy atom. The number of aliphatic hydroxyl groups is 1. The summed E-state index contributed by atoms with van der Waals surface area (Å²) in [5, 5.41) is 10.5. The van der Waals surface area contributed by atoms with Crippen molar-refractivity contribution in [2.24, 2.45) is 11.3 Å². The van der Waals surface area contributed by atoms with Gasteiger partial charge in [0.15, 0.2) is 0 Å². The van der Waals surface area contributed by atoms with Crippen LogP contribution in [-0.4, -0.2) is 5.11 Å². The lowest BCUT2D eigenvalue weighted by Gasteiger charge is -2.14. The van der Waals surface area contributed by atoms with Gasteiger partial charge in [0.2, 0.25) is 0 Å². The maximum atomic E-state index is 13.7. The van der Waals surface area contributed by atoms with Gasteiger partial charge < -0.3 is 5.11 Å². The van der Waals surface area contributed by atoms with Crippen LogP contribution in [0.3, 0.4) is 0 Å². The van der Waals surface area contributed by atoms with Gasteiger partial charge in [-0.15, -0.1) is 0 Å². The molecule has 1 aliphatic rings. The average Bonchev–Trinajstić information content (AvgIpc) is 2.80. The van der Waals surface area contributed by atoms with Crippen molar-refractivity contribution in [2.75, 3.05) is 0 Å². The largest absolute Gasteiger partial charge is 0.388 e. The van der Waals surface area contributed by atoms with Gasteiger partial charge in [-0.3, -0.25) is 0 Å². The molecule has 1 N–H and O–H groups in total. The van der Waals surface area contributed by atoms with Crippen LogP contribution in [0.5, 0.6) is 0 Å². The van der Waals surface area contributed by atoms with Gasteiger partial charge in [0.1, 0.15) is 5.82 Å². The van der Waals surface area contributed by atoms with E-state index in [2.05, 4.69) is 29.8 Å². The van der Waals surface area contributed by atoms with Gasteiger partial charge in [0.25, 0.3) is 0 Å². The number of halogens is 3. The van der Waals surface area contributed by atoms with E-state index in [-0.39, 0.29) is 11.3 Å². The van der Waals surface area contributed by atoms with Gasteiger partial charge in [0, 0.05) is 10.0 Å². The molecule has 0 saturated heterocycles. The fourth-order valence-electron chi connectivity index (χ4n) is 2.03. The second-order valence-electron chi connectivity index (χ2n) is 5.03. The van der Waals surface area contributed by atoms with Crippen LogP contribution in [0.15, 0.2) is 16.6 Å². The number of aliphatic hydroxyl groups excluding tert-OH is 1. The van der Waals surface area contributed by atoms with Crippen molar-refractivity contribution >= 4 is 27.5 Å². The van der Waals surface area contributed by atoms with Crippen molar-refractivity contribution < 1.29 is 9.50 Å². The second kappa shape index (κ2) is 3.97. The zero-order valence-corrected chi connectivity index (χ0v) is 11.4. The highest BCUT2D eigenvalue weighted by Crippen LogP contribution is 2.58. The van der Waals surface area contributed by atoms with Gasteiger partial charge in [0.05, 0.1) is 11.1 Å². The molecule has 1 aliphatic carbocycles. The van der Waals surface area contributed by atoms with Crippen molar-refractivity contribution in [1.29, 1.82) is 0 Å². The lowest BCUT2D eigenvalue weighted by Crippen LogP contribution is -2.07. The second-order valence-corrected chi connectivity index (χ2v) is 6.29. The van der Waals surface area contributed by atoms with E-state index in [0.29, 0.717) is 15.1 Å². The molecule has 2 unspecified atom stereocenters. The van der Waals surface area contributed by atoms with Crippen molar-refractivity contribution in [2.45, 2.75) is 26.4 Å². The predicted molar refractivity (Wildman–Crippen MR) is 66.0 cm³/mol. The minimum Gasteiger partial charge on any atom is -0.388 e. The van der Waals surface area contributed by atoms with Gasteiger partial charge in [-0.05, 0) is 45.8 Å². The maximum Gasteiger partial charge on any atom is 0.130 e. The summed E-state index contributed by atoms with van der Waals surface area (Å²) in [5.41, 5.74) is 0.398. The average molecular weight is 308 g/mol. The van der Waals surface area contributed by atoms with Gasteiger partial charge in [-0.2, -0.15) is 0 Å². The molecule has 1 aromatic carbocycles. The molecule has 0 bridgehead atoms. The van der Waals surface area contributed by atoms with Gasteiger partial charge >= 0.3 is 0 Å². The smallest absolute Gasteiger partial charge is 0.130 e. The molecular weight excluding hydrogens is 294 g/mol. The van der Waals surface area contributed by atoms with E-state index >= 15 is 0 Å². The zero-order valence-electron chi connectivity index (χ0n) is 9.10. The first kappa shape index (κ1) is 12.3. The van der Waals surface area contributed by atoms with E-state index in [1.807, 2.05) is 0 Å². The van der Waals surface area contributed by atoms with E-state index < -0.39 is 11.9 Å². The minimum atomic E-state index is -0.763. The Kier molecular flexibility index (Phi) is 3.06. The molecule has 88 valence electrons. The van der Waals surface area contributed by atoms with Gasteiger partial charge in [-0.1, -0.05) is 25.4 Å². The first-order valence-corrected chi connectivity index (χ1v) is 6.32. The van der Waals surface area contributed by atoms with Crippen LogP contribution in [0.2, 0.25) is 5.02 Å². The Balaban J connectivity index is 2.31. The molecule has 4 heteroatoms. The topological polar surface area (TPSA) is 20.2 Å². The third-order valence-electron chi connectivity index (χ3n) is 3.33. The molecular formula is C12H13BrClFO. The molecule has 1 saturated carbocycles. The Morgan fingerprint density at radius 1 is 1.56 bits per heavy atom. The number of benzene rings is 1. The van der Waals surface area contributed by atoms with Crippen LogP contribution in [0.1, 0.15) is 31.9 Å². The highest BCUT2D eigenvalue weighted by Gasteiger charge is 2.50. The monoisotopic (exact) mass is 306 g/mol. The summed E-state index contributed by atoms with van der Waals surface area (Å²) in [6, 6.07) is 2.80. The van der Waals surface area contributed by atoms with Crippen LogP contribution in [0, 0.1) is 17.2 Å². The van der Waals surface area contributed by atoms with Crippen LogP contribution >= 0.6 is 27.5 Å². The highest BCUT2D eigenvalue weighted by atomic mass is 79.9. The fourth-order valence-corrected chi connectivity index (χ4v) is 2.52. The molecule has 0 radical (unpaired) electrons. The van der Waals surface area contributed by atoms with E-state index in [1.54, 1.807) is 0 Å². The summed E-state index contributed by atoms with van der Waals surface area (Å²) < 4.78 is 14.2. The molecule has 0 amide bonds. The van der Waals surface area contributed by atoms with Crippen molar-refractivity contribution in [1.82, 2.24) is 0 Å². The predicted octanol–water partition coefficient (Wildman–Crippen LogP) is 4.32. The van der Waals surface area contributed by atoms with E-state index in [1.165, 1.54) is 12.1 Å². The molecule has 0 heterocycles. The molecule has 1 fully saturated rings. The van der Waals surface area contributed by atoms with Crippen LogP contribution in [-0.2, 0) is 0 Å². The molecule has 2 rings (SSSR count). The van der Waals surface area contributed by atoms with Crippen molar-refractivity contribution in [3.05, 3.63) is 33.0 Å². The summed E-state index contributed by atoms with van der Waals surface area (Å²) in [5.74, 6) is -0.286. The quantitative estimate of drug-likeness (QED) is 0.807. The lowest BCUT2D eigenvalue weighted by molar-refractivity contribution is 0.134. The molecule has 0 aliphatic heterocycles. The summed E-state index contributed by atoms with van der Waals surface area (Å²) in [4.78, 5) is 0. The summed E-state index contributed by atoms with van der Waals surface area (Å²) in [7, 11) is 0. The lowest BCUT2D eigenvalue weighted by atomic mass is 9.99. The fraction of sp³-hybridized carbons (Fsp3) is 0.500. The van der Waals surface area contributed by atoms with E-state index in [9.17, 15) is 9.50 Å². The third-order valence-corrected chi connectivity index (χ3v) is 4.53. The first-order valence-electron chi connectivity index (χ1n) is 5.15. The van der Waals surface area contributed by atoms with E-state index in [0.717, 1.165) is 6.42 Å². The number of hydrogen-bond donors (Lipinski definition) is 1. The molecule has 2 atom stereocenters. The summed E-state index contributed by atoms with van der Waals surface area (Å²) in [6.45, 7) is 4.14. The van der Waals surface area contributed by atoms with Crippen molar-refractivity contribution in [3.63, 3.8) is 0 Å². The minimum absolute atomic E-state index is 0.103. The Bertz CT molecular complexity index is 433. The number of hydrogen-bond acceptors (Lipinski definition) is 1. The SMILES string of the molecule is CC1(C)CC1C(O)c1cc(Cl)c(Br)cc1F. The zero-order chi connectivity index (χ0) is 12.1. The summed E-state index contributed by atoms with van der Waals surface area (Å²) in [6.07, 6.45) is 0.155. The van der Waals surface area contributed by atoms with Gasteiger partial charge in [-0.25, -0.2) is 4.39 Å².